The molecule has 3 rings (SSSR count). The van der Waals surface area contributed by atoms with Gasteiger partial charge < -0.3 is 9.80 Å². The van der Waals surface area contributed by atoms with Crippen molar-refractivity contribution in [1.29, 1.82) is 0 Å². The van der Waals surface area contributed by atoms with Gasteiger partial charge in [-0.25, -0.2) is 9.97 Å². The fourth-order valence-corrected chi connectivity index (χ4v) is 3.27. The van der Waals surface area contributed by atoms with Crippen LogP contribution in [0.3, 0.4) is 0 Å². The summed E-state index contributed by atoms with van der Waals surface area (Å²) in [6.07, 6.45) is 10.5. The van der Waals surface area contributed by atoms with Crippen LogP contribution >= 0.6 is 0 Å². The zero-order chi connectivity index (χ0) is 13.8. The van der Waals surface area contributed by atoms with Crippen LogP contribution in [-0.4, -0.2) is 53.4 Å². The van der Waals surface area contributed by atoms with Crippen molar-refractivity contribution >= 4 is 12.2 Å². The molecule has 0 radical (unpaired) electrons. The predicted octanol–water partition coefficient (Wildman–Crippen LogP) is 1.74. The highest BCUT2D eigenvalue weighted by Gasteiger charge is 2.26. The SMILES string of the molecule is O=Cc1cnc(N2CCC(N3CCCCC3)CC2)nc1. The molecule has 2 fully saturated rings. The van der Waals surface area contributed by atoms with E-state index in [1.807, 2.05) is 0 Å². The number of hydrogen-bond acceptors (Lipinski definition) is 5. The maximum absolute atomic E-state index is 10.6. The molecule has 5 nitrogen and oxygen atoms in total. The van der Waals surface area contributed by atoms with E-state index in [9.17, 15) is 4.79 Å². The topological polar surface area (TPSA) is 49.3 Å². The average molecular weight is 274 g/mol. The molecule has 0 bridgehead atoms. The van der Waals surface area contributed by atoms with Crippen LogP contribution in [0.2, 0.25) is 0 Å². The smallest absolute Gasteiger partial charge is 0.225 e. The first-order valence-corrected chi connectivity index (χ1v) is 7.63. The van der Waals surface area contributed by atoms with Gasteiger partial charge in [-0.2, -0.15) is 0 Å². The lowest BCUT2D eigenvalue weighted by atomic mass is 10.0. The molecule has 3 heterocycles. The zero-order valence-corrected chi connectivity index (χ0v) is 11.9. The minimum Gasteiger partial charge on any atom is -0.341 e. The normalized spacial score (nSPS) is 21.9. The fraction of sp³-hybridized carbons (Fsp3) is 0.667. The molecule has 0 amide bonds. The van der Waals surface area contributed by atoms with Crippen molar-refractivity contribution in [3.63, 3.8) is 0 Å². The molecule has 20 heavy (non-hydrogen) atoms. The highest BCUT2D eigenvalue weighted by atomic mass is 16.1. The van der Waals surface area contributed by atoms with Crippen molar-refractivity contribution in [3.8, 4) is 0 Å². The van der Waals surface area contributed by atoms with Crippen molar-refractivity contribution in [1.82, 2.24) is 14.9 Å². The maximum Gasteiger partial charge on any atom is 0.225 e. The van der Waals surface area contributed by atoms with Gasteiger partial charge in [-0.1, -0.05) is 6.42 Å². The molecule has 0 aromatic carbocycles. The van der Waals surface area contributed by atoms with Gasteiger partial charge >= 0.3 is 0 Å². The molecule has 108 valence electrons. The lowest BCUT2D eigenvalue weighted by Gasteiger charge is -2.40. The van der Waals surface area contributed by atoms with Crippen LogP contribution in [0.1, 0.15) is 42.5 Å². The van der Waals surface area contributed by atoms with Gasteiger partial charge in [0.05, 0.1) is 5.56 Å². The van der Waals surface area contributed by atoms with Crippen molar-refractivity contribution in [2.24, 2.45) is 0 Å². The van der Waals surface area contributed by atoms with E-state index in [0.717, 1.165) is 31.4 Å². The van der Waals surface area contributed by atoms with Crippen LogP contribution in [0.4, 0.5) is 5.95 Å². The van der Waals surface area contributed by atoms with Gasteiger partial charge in [0.2, 0.25) is 5.95 Å². The second-order valence-corrected chi connectivity index (χ2v) is 5.75. The number of carbonyl (C=O) groups excluding carboxylic acids is 1. The van der Waals surface area contributed by atoms with E-state index in [2.05, 4.69) is 19.8 Å². The molecule has 2 saturated heterocycles. The molecule has 5 heteroatoms. The number of anilines is 1. The fourth-order valence-electron chi connectivity index (χ4n) is 3.27. The second kappa shape index (κ2) is 6.31. The molecule has 0 spiro atoms. The maximum atomic E-state index is 10.6. The number of aromatic nitrogens is 2. The van der Waals surface area contributed by atoms with Gasteiger partial charge in [0.1, 0.15) is 0 Å². The quantitative estimate of drug-likeness (QED) is 0.786. The molecular weight excluding hydrogens is 252 g/mol. The second-order valence-electron chi connectivity index (χ2n) is 5.75. The van der Waals surface area contributed by atoms with Crippen LogP contribution in [0.15, 0.2) is 12.4 Å². The summed E-state index contributed by atoms with van der Waals surface area (Å²) in [5.41, 5.74) is 0.539. The molecule has 2 aliphatic heterocycles. The molecular formula is C15H22N4O. The number of nitrogens with zero attached hydrogens (tertiary/aromatic N) is 4. The largest absolute Gasteiger partial charge is 0.341 e. The van der Waals surface area contributed by atoms with Crippen molar-refractivity contribution < 1.29 is 4.79 Å². The third-order valence-electron chi connectivity index (χ3n) is 4.45. The van der Waals surface area contributed by atoms with E-state index >= 15 is 0 Å². The molecule has 1 aromatic rings. The summed E-state index contributed by atoms with van der Waals surface area (Å²) < 4.78 is 0. The first-order valence-electron chi connectivity index (χ1n) is 7.63. The minimum absolute atomic E-state index is 0.539. The minimum atomic E-state index is 0.539. The van der Waals surface area contributed by atoms with Gasteiger partial charge in [0.25, 0.3) is 0 Å². The molecule has 0 aliphatic carbocycles. The summed E-state index contributed by atoms with van der Waals surface area (Å²) in [7, 11) is 0. The number of aldehydes is 1. The van der Waals surface area contributed by atoms with E-state index in [-0.39, 0.29) is 0 Å². The van der Waals surface area contributed by atoms with Crippen LogP contribution < -0.4 is 4.90 Å². The number of likely N-dealkylation sites (tertiary alicyclic amines) is 1. The summed E-state index contributed by atoms with van der Waals surface area (Å²) in [5, 5.41) is 0. The Morgan fingerprint density at radius 1 is 1.00 bits per heavy atom. The Morgan fingerprint density at radius 2 is 1.65 bits per heavy atom. The predicted molar refractivity (Wildman–Crippen MR) is 78.1 cm³/mol. The van der Waals surface area contributed by atoms with Crippen LogP contribution in [0, 0.1) is 0 Å². The Labute approximate surface area is 120 Å². The van der Waals surface area contributed by atoms with Gasteiger partial charge in [-0.3, -0.25) is 4.79 Å². The monoisotopic (exact) mass is 274 g/mol. The van der Waals surface area contributed by atoms with Crippen LogP contribution in [0.5, 0.6) is 0 Å². The highest BCUT2D eigenvalue weighted by Crippen LogP contribution is 2.22. The van der Waals surface area contributed by atoms with Gasteiger partial charge in [-0.15, -0.1) is 0 Å². The lowest BCUT2D eigenvalue weighted by molar-refractivity contribution is 0.112. The summed E-state index contributed by atoms with van der Waals surface area (Å²) >= 11 is 0. The van der Waals surface area contributed by atoms with Gasteiger partial charge in [-0.05, 0) is 38.8 Å². The Hall–Kier alpha value is -1.49. The van der Waals surface area contributed by atoms with E-state index in [1.54, 1.807) is 12.4 Å². The van der Waals surface area contributed by atoms with Crippen molar-refractivity contribution in [3.05, 3.63) is 18.0 Å². The third-order valence-corrected chi connectivity index (χ3v) is 4.45. The standard InChI is InChI=1S/C15H22N4O/c20-12-13-10-16-15(17-11-13)19-8-4-14(5-9-19)18-6-2-1-3-7-18/h10-12,14H,1-9H2. The number of carbonyl (C=O) groups is 1. The molecule has 0 atom stereocenters. The number of piperidine rings is 2. The Bertz CT molecular complexity index is 434. The van der Waals surface area contributed by atoms with Gasteiger partial charge in [0, 0.05) is 31.5 Å². The summed E-state index contributed by atoms with van der Waals surface area (Å²) in [6.45, 7) is 4.58. The summed E-state index contributed by atoms with van der Waals surface area (Å²) in [6, 6.07) is 0.737. The van der Waals surface area contributed by atoms with Crippen molar-refractivity contribution in [2.45, 2.75) is 38.1 Å². The molecule has 2 aliphatic rings. The highest BCUT2D eigenvalue weighted by molar-refractivity contribution is 5.73. The molecule has 0 N–H and O–H groups in total. The third kappa shape index (κ3) is 2.98. The molecule has 0 saturated carbocycles. The van der Waals surface area contributed by atoms with E-state index in [1.165, 1.54) is 45.2 Å². The number of hydrogen-bond donors (Lipinski definition) is 0. The summed E-state index contributed by atoms with van der Waals surface area (Å²) in [4.78, 5) is 24.1. The zero-order valence-electron chi connectivity index (χ0n) is 11.9. The van der Waals surface area contributed by atoms with Crippen molar-refractivity contribution in [2.75, 3.05) is 31.1 Å². The first kappa shape index (κ1) is 13.5. The Balaban J connectivity index is 1.55. The molecule has 0 unspecified atom stereocenters. The lowest BCUT2D eigenvalue weighted by Crippen LogP contribution is -2.47. The Morgan fingerprint density at radius 3 is 2.25 bits per heavy atom. The average Bonchev–Trinajstić information content (AvgIpc) is 2.56. The number of rotatable bonds is 3. The van der Waals surface area contributed by atoms with E-state index in [0.29, 0.717) is 5.56 Å². The first-order chi connectivity index (χ1) is 9.86. The van der Waals surface area contributed by atoms with E-state index < -0.39 is 0 Å². The van der Waals surface area contributed by atoms with Crippen LogP contribution in [-0.2, 0) is 0 Å². The van der Waals surface area contributed by atoms with Crippen LogP contribution in [0.25, 0.3) is 0 Å². The Kier molecular flexibility index (Phi) is 4.25. The summed E-state index contributed by atoms with van der Waals surface area (Å²) in [5.74, 6) is 0.757. The van der Waals surface area contributed by atoms with Gasteiger partial charge in [0.15, 0.2) is 6.29 Å². The van der Waals surface area contributed by atoms with E-state index in [4.69, 9.17) is 0 Å². The molecule has 1 aromatic heterocycles.